The van der Waals surface area contributed by atoms with Gasteiger partial charge in [0.25, 0.3) is 0 Å². The molecule has 1 saturated carbocycles. The number of rotatable bonds is 5. The van der Waals surface area contributed by atoms with Crippen molar-refractivity contribution in [3.63, 3.8) is 0 Å². The summed E-state index contributed by atoms with van der Waals surface area (Å²) < 4.78 is 6.07. The molecule has 0 saturated heterocycles. The van der Waals surface area contributed by atoms with Crippen LogP contribution in [0.2, 0.25) is 0 Å². The molecule has 1 aromatic heterocycles. The minimum Gasteiger partial charge on any atom is -0.488 e. The minimum atomic E-state index is 0.335. The first-order valence-corrected chi connectivity index (χ1v) is 7.10. The Hall–Kier alpha value is -1.61. The van der Waals surface area contributed by atoms with Gasteiger partial charge in [0.2, 0.25) is 0 Å². The molecule has 0 aliphatic heterocycles. The number of pyridine rings is 1. The molecule has 0 spiro atoms. The maximum atomic E-state index is 6.07. The van der Waals surface area contributed by atoms with E-state index in [0.29, 0.717) is 12.1 Å². The summed E-state index contributed by atoms with van der Waals surface area (Å²) in [4.78, 5) is 4.42. The van der Waals surface area contributed by atoms with Crippen LogP contribution in [-0.4, -0.2) is 23.7 Å². The lowest BCUT2D eigenvalue weighted by Crippen LogP contribution is -2.47. The molecular formula is C16H20N2O. The molecule has 0 radical (unpaired) electrons. The van der Waals surface area contributed by atoms with Gasteiger partial charge in [0.05, 0.1) is 0 Å². The third kappa shape index (κ3) is 2.71. The molecule has 1 heterocycles. The van der Waals surface area contributed by atoms with Crippen LogP contribution in [-0.2, 0) is 0 Å². The van der Waals surface area contributed by atoms with Gasteiger partial charge in [0.1, 0.15) is 17.4 Å². The number of ether oxygens (including phenoxy) is 1. The van der Waals surface area contributed by atoms with E-state index >= 15 is 0 Å². The topological polar surface area (TPSA) is 34.1 Å². The second-order valence-corrected chi connectivity index (χ2v) is 5.19. The van der Waals surface area contributed by atoms with Crippen molar-refractivity contribution in [3.05, 3.63) is 36.5 Å². The second-order valence-electron chi connectivity index (χ2n) is 5.19. The van der Waals surface area contributed by atoms with Gasteiger partial charge < -0.3 is 10.1 Å². The molecule has 1 aliphatic rings. The Labute approximate surface area is 114 Å². The van der Waals surface area contributed by atoms with Crippen LogP contribution in [0.1, 0.15) is 26.2 Å². The average molecular weight is 256 g/mol. The van der Waals surface area contributed by atoms with Crippen LogP contribution >= 0.6 is 0 Å². The van der Waals surface area contributed by atoms with Crippen molar-refractivity contribution in [1.82, 2.24) is 10.3 Å². The number of nitrogens with zero attached hydrogens (tertiary/aromatic N) is 1. The van der Waals surface area contributed by atoms with Crippen LogP contribution in [0.3, 0.4) is 0 Å². The Kier molecular flexibility index (Phi) is 3.65. The van der Waals surface area contributed by atoms with Crippen LogP contribution in [0.25, 0.3) is 10.9 Å². The Morgan fingerprint density at radius 2 is 2.11 bits per heavy atom. The number of fused-ring (bicyclic) bond motifs is 1. The summed E-state index contributed by atoms with van der Waals surface area (Å²) in [6.07, 6.45) is 5.55. The summed E-state index contributed by atoms with van der Waals surface area (Å²) in [7, 11) is 0. The first-order valence-electron chi connectivity index (χ1n) is 7.10. The third-order valence-electron chi connectivity index (χ3n) is 3.67. The second kappa shape index (κ2) is 5.57. The fourth-order valence-corrected chi connectivity index (χ4v) is 2.53. The molecule has 0 atom stereocenters. The van der Waals surface area contributed by atoms with Crippen LogP contribution in [0, 0.1) is 0 Å². The van der Waals surface area contributed by atoms with E-state index in [2.05, 4.69) is 29.4 Å². The Balaban J connectivity index is 1.64. The van der Waals surface area contributed by atoms with E-state index < -0.39 is 0 Å². The van der Waals surface area contributed by atoms with E-state index in [4.69, 9.17) is 4.74 Å². The fourth-order valence-electron chi connectivity index (χ4n) is 2.53. The predicted octanol–water partition coefficient (Wildman–Crippen LogP) is 3.14. The predicted molar refractivity (Wildman–Crippen MR) is 77.5 cm³/mol. The zero-order valence-electron chi connectivity index (χ0n) is 11.3. The summed E-state index contributed by atoms with van der Waals surface area (Å²) >= 11 is 0. The minimum absolute atomic E-state index is 0.335. The van der Waals surface area contributed by atoms with E-state index in [1.165, 1.54) is 6.42 Å². The van der Waals surface area contributed by atoms with Crippen LogP contribution < -0.4 is 10.1 Å². The highest BCUT2D eigenvalue weighted by Gasteiger charge is 2.30. The zero-order chi connectivity index (χ0) is 13.1. The number of benzene rings is 1. The summed E-state index contributed by atoms with van der Waals surface area (Å²) in [5, 5.41) is 4.66. The lowest BCUT2D eigenvalue weighted by molar-refractivity contribution is 0.0865. The lowest BCUT2D eigenvalue weighted by atomic mass is 9.89. The van der Waals surface area contributed by atoms with Gasteiger partial charge in [0.15, 0.2) is 0 Å². The van der Waals surface area contributed by atoms with Crippen molar-refractivity contribution in [2.75, 3.05) is 6.54 Å². The average Bonchev–Trinajstić information content (AvgIpc) is 2.41. The summed E-state index contributed by atoms with van der Waals surface area (Å²) in [5.41, 5.74) is 0.968. The maximum Gasteiger partial charge on any atom is 0.145 e. The molecule has 0 bridgehead atoms. The normalized spacial score (nSPS) is 22.2. The molecular weight excluding hydrogens is 236 g/mol. The Morgan fingerprint density at radius 3 is 2.95 bits per heavy atom. The summed E-state index contributed by atoms with van der Waals surface area (Å²) in [5.74, 6) is 0.914. The first-order chi connectivity index (χ1) is 9.36. The maximum absolute atomic E-state index is 6.07. The molecule has 0 amide bonds. The monoisotopic (exact) mass is 256 g/mol. The number of hydrogen-bond acceptors (Lipinski definition) is 3. The summed E-state index contributed by atoms with van der Waals surface area (Å²) in [6, 6.07) is 10.8. The third-order valence-corrected chi connectivity index (χ3v) is 3.67. The van der Waals surface area contributed by atoms with Crippen molar-refractivity contribution < 1.29 is 4.74 Å². The van der Waals surface area contributed by atoms with Gasteiger partial charge >= 0.3 is 0 Å². The standard InChI is InChI=1S/C16H20N2O/c1-2-8-17-13-10-14(11-13)19-15-7-3-5-12-6-4-9-18-16(12)15/h3-7,9,13-14,17H,2,8,10-11H2,1H3. The van der Waals surface area contributed by atoms with E-state index in [1.807, 2.05) is 24.4 Å². The molecule has 1 aliphatic carbocycles. The smallest absolute Gasteiger partial charge is 0.145 e. The van der Waals surface area contributed by atoms with E-state index in [9.17, 15) is 0 Å². The zero-order valence-corrected chi connectivity index (χ0v) is 11.3. The lowest BCUT2D eigenvalue weighted by Gasteiger charge is -2.36. The van der Waals surface area contributed by atoms with Gasteiger partial charge in [-0.3, -0.25) is 4.98 Å². The molecule has 1 N–H and O–H groups in total. The van der Waals surface area contributed by atoms with Gasteiger partial charge in [-0.2, -0.15) is 0 Å². The number of aromatic nitrogens is 1. The van der Waals surface area contributed by atoms with Crippen LogP contribution in [0.4, 0.5) is 0 Å². The Bertz CT molecular complexity index is 544. The van der Waals surface area contributed by atoms with Gasteiger partial charge in [-0.25, -0.2) is 0 Å². The van der Waals surface area contributed by atoms with Crippen molar-refractivity contribution >= 4 is 10.9 Å². The molecule has 3 nitrogen and oxygen atoms in total. The SMILES string of the molecule is CCCNC1CC(Oc2cccc3cccnc23)C1. The molecule has 1 fully saturated rings. The van der Waals surface area contributed by atoms with E-state index in [-0.39, 0.29) is 0 Å². The Morgan fingerprint density at radius 1 is 1.26 bits per heavy atom. The van der Waals surface area contributed by atoms with Gasteiger partial charge in [-0.1, -0.05) is 25.1 Å². The molecule has 100 valence electrons. The van der Waals surface area contributed by atoms with Gasteiger partial charge in [-0.15, -0.1) is 0 Å². The molecule has 2 aromatic rings. The largest absolute Gasteiger partial charge is 0.488 e. The number of hydrogen-bond donors (Lipinski definition) is 1. The van der Waals surface area contributed by atoms with Crippen LogP contribution in [0.5, 0.6) is 5.75 Å². The number of nitrogens with one attached hydrogen (secondary N) is 1. The molecule has 3 heteroatoms. The fraction of sp³-hybridized carbons (Fsp3) is 0.438. The van der Waals surface area contributed by atoms with Crippen molar-refractivity contribution in [1.29, 1.82) is 0 Å². The van der Waals surface area contributed by atoms with Crippen molar-refractivity contribution in [2.45, 2.75) is 38.3 Å². The highest BCUT2D eigenvalue weighted by atomic mass is 16.5. The van der Waals surface area contributed by atoms with Crippen molar-refractivity contribution in [2.24, 2.45) is 0 Å². The van der Waals surface area contributed by atoms with Gasteiger partial charge in [-0.05, 0) is 37.9 Å². The number of para-hydroxylation sites is 1. The van der Waals surface area contributed by atoms with Crippen molar-refractivity contribution in [3.8, 4) is 5.75 Å². The van der Waals surface area contributed by atoms with Crippen LogP contribution in [0.15, 0.2) is 36.5 Å². The highest BCUT2D eigenvalue weighted by Crippen LogP contribution is 2.29. The molecule has 3 rings (SSSR count). The van der Waals surface area contributed by atoms with E-state index in [0.717, 1.165) is 36.0 Å². The molecule has 19 heavy (non-hydrogen) atoms. The molecule has 0 unspecified atom stereocenters. The molecule has 1 aromatic carbocycles. The van der Waals surface area contributed by atoms with Gasteiger partial charge in [0, 0.05) is 17.6 Å². The van der Waals surface area contributed by atoms with E-state index in [1.54, 1.807) is 0 Å². The highest BCUT2D eigenvalue weighted by molar-refractivity contribution is 5.84. The quantitative estimate of drug-likeness (QED) is 0.892. The first kappa shape index (κ1) is 12.4. The summed E-state index contributed by atoms with van der Waals surface area (Å²) in [6.45, 7) is 3.30.